The highest BCUT2D eigenvalue weighted by molar-refractivity contribution is 7.07. The second kappa shape index (κ2) is 3.18. The first-order valence-corrected chi connectivity index (χ1v) is 4.72. The van der Waals surface area contributed by atoms with Crippen molar-refractivity contribution >= 4 is 17.4 Å². The van der Waals surface area contributed by atoms with Crippen LogP contribution in [0.3, 0.4) is 0 Å². The van der Waals surface area contributed by atoms with E-state index in [1.165, 1.54) is 17.7 Å². The van der Waals surface area contributed by atoms with Gasteiger partial charge in [0.05, 0.1) is 6.20 Å². The van der Waals surface area contributed by atoms with Gasteiger partial charge in [0, 0.05) is 13.1 Å². The molecule has 1 aliphatic rings. The van der Waals surface area contributed by atoms with E-state index in [0.717, 1.165) is 25.9 Å². The van der Waals surface area contributed by atoms with Crippen LogP contribution in [0.25, 0.3) is 0 Å². The van der Waals surface area contributed by atoms with E-state index in [1.54, 1.807) is 0 Å². The molecule has 4 nitrogen and oxygen atoms in total. The highest BCUT2D eigenvalue weighted by Gasteiger charge is 2.20. The standard InChI is InChI=1S/C7H9N3OS/c11-7(6-5-8-9-12-6)10-3-1-2-4-10/h5H,1-4H2. The van der Waals surface area contributed by atoms with E-state index in [1.807, 2.05) is 4.90 Å². The zero-order chi connectivity index (χ0) is 8.39. The number of aromatic nitrogens is 2. The Labute approximate surface area is 74.4 Å². The quantitative estimate of drug-likeness (QED) is 0.646. The van der Waals surface area contributed by atoms with Crippen LogP contribution in [0.15, 0.2) is 6.20 Å². The number of nitrogens with zero attached hydrogens (tertiary/aromatic N) is 3. The van der Waals surface area contributed by atoms with Gasteiger partial charge in [-0.15, -0.1) is 5.10 Å². The van der Waals surface area contributed by atoms with Crippen LogP contribution in [0.2, 0.25) is 0 Å². The summed E-state index contributed by atoms with van der Waals surface area (Å²) >= 11 is 1.17. The van der Waals surface area contributed by atoms with Gasteiger partial charge < -0.3 is 4.90 Å². The van der Waals surface area contributed by atoms with Crippen LogP contribution < -0.4 is 0 Å². The zero-order valence-electron chi connectivity index (χ0n) is 6.56. The summed E-state index contributed by atoms with van der Waals surface area (Å²) in [6.07, 6.45) is 3.78. The minimum atomic E-state index is 0.0856. The van der Waals surface area contributed by atoms with Crippen molar-refractivity contribution in [3.05, 3.63) is 11.1 Å². The van der Waals surface area contributed by atoms with Crippen LogP contribution in [0.5, 0.6) is 0 Å². The molecule has 1 aromatic heterocycles. The number of likely N-dealkylation sites (tertiary alicyclic amines) is 1. The molecule has 1 amide bonds. The SMILES string of the molecule is O=C(c1cnns1)N1CCCC1. The predicted molar refractivity (Wildman–Crippen MR) is 45.0 cm³/mol. The largest absolute Gasteiger partial charge is 0.338 e. The van der Waals surface area contributed by atoms with Crippen LogP contribution in [0, 0.1) is 0 Å². The molecular formula is C7H9N3OS. The Hall–Kier alpha value is -0.970. The third-order valence-electron chi connectivity index (χ3n) is 1.97. The van der Waals surface area contributed by atoms with Gasteiger partial charge in [-0.2, -0.15) is 0 Å². The fourth-order valence-electron chi connectivity index (χ4n) is 1.34. The highest BCUT2D eigenvalue weighted by atomic mass is 32.1. The minimum Gasteiger partial charge on any atom is -0.338 e. The lowest BCUT2D eigenvalue weighted by Gasteiger charge is -2.12. The number of carbonyl (C=O) groups excluding carboxylic acids is 1. The monoisotopic (exact) mass is 183 g/mol. The van der Waals surface area contributed by atoms with E-state index >= 15 is 0 Å². The maximum Gasteiger partial charge on any atom is 0.267 e. The lowest BCUT2D eigenvalue weighted by molar-refractivity contribution is 0.0797. The first kappa shape index (κ1) is 7.67. The molecule has 0 bridgehead atoms. The lowest BCUT2D eigenvalue weighted by Crippen LogP contribution is -2.26. The lowest BCUT2D eigenvalue weighted by atomic mass is 10.4. The van der Waals surface area contributed by atoms with Crippen molar-refractivity contribution in [3.8, 4) is 0 Å². The summed E-state index contributed by atoms with van der Waals surface area (Å²) in [5.74, 6) is 0.0856. The Morgan fingerprint density at radius 3 is 2.83 bits per heavy atom. The van der Waals surface area contributed by atoms with Crippen LogP contribution in [-0.4, -0.2) is 33.5 Å². The van der Waals surface area contributed by atoms with Crippen molar-refractivity contribution in [2.24, 2.45) is 0 Å². The first-order valence-electron chi connectivity index (χ1n) is 3.94. The molecule has 0 atom stereocenters. The van der Waals surface area contributed by atoms with Crippen molar-refractivity contribution in [3.63, 3.8) is 0 Å². The molecule has 0 spiro atoms. The Morgan fingerprint density at radius 1 is 1.50 bits per heavy atom. The normalized spacial score (nSPS) is 16.8. The van der Waals surface area contributed by atoms with Crippen LogP contribution in [0.1, 0.15) is 22.5 Å². The topological polar surface area (TPSA) is 46.1 Å². The summed E-state index contributed by atoms with van der Waals surface area (Å²) in [6, 6.07) is 0. The molecule has 0 aliphatic carbocycles. The van der Waals surface area contributed by atoms with Crippen molar-refractivity contribution in [2.45, 2.75) is 12.8 Å². The Bertz CT molecular complexity index is 266. The number of hydrogen-bond acceptors (Lipinski definition) is 4. The fourth-order valence-corrected chi connectivity index (χ4v) is 1.82. The smallest absolute Gasteiger partial charge is 0.267 e. The maximum atomic E-state index is 11.6. The molecule has 0 aromatic carbocycles. The summed E-state index contributed by atoms with van der Waals surface area (Å²) in [6.45, 7) is 1.77. The molecule has 12 heavy (non-hydrogen) atoms. The summed E-state index contributed by atoms with van der Waals surface area (Å²) in [5, 5.41) is 3.64. The minimum absolute atomic E-state index is 0.0856. The third-order valence-corrected chi connectivity index (χ3v) is 2.62. The van der Waals surface area contributed by atoms with Crippen LogP contribution in [-0.2, 0) is 0 Å². The molecule has 5 heteroatoms. The number of hydrogen-bond donors (Lipinski definition) is 0. The number of amides is 1. The summed E-state index contributed by atoms with van der Waals surface area (Å²) in [7, 11) is 0. The molecule has 1 saturated heterocycles. The Morgan fingerprint density at radius 2 is 2.25 bits per heavy atom. The average Bonchev–Trinajstić information content (AvgIpc) is 2.77. The van der Waals surface area contributed by atoms with Gasteiger partial charge in [0.2, 0.25) is 0 Å². The van der Waals surface area contributed by atoms with E-state index < -0.39 is 0 Å². The van der Waals surface area contributed by atoms with Crippen molar-refractivity contribution in [2.75, 3.05) is 13.1 Å². The van der Waals surface area contributed by atoms with Crippen LogP contribution >= 0.6 is 11.5 Å². The summed E-state index contributed by atoms with van der Waals surface area (Å²) in [4.78, 5) is 14.1. The van der Waals surface area contributed by atoms with E-state index in [0.29, 0.717) is 4.88 Å². The van der Waals surface area contributed by atoms with Gasteiger partial charge in [-0.05, 0) is 24.4 Å². The van der Waals surface area contributed by atoms with Crippen molar-refractivity contribution in [1.82, 2.24) is 14.5 Å². The molecule has 0 unspecified atom stereocenters. The van der Waals surface area contributed by atoms with Crippen molar-refractivity contribution in [1.29, 1.82) is 0 Å². The third kappa shape index (κ3) is 1.32. The molecule has 1 aliphatic heterocycles. The van der Waals surface area contributed by atoms with Gasteiger partial charge in [0.15, 0.2) is 0 Å². The summed E-state index contributed by atoms with van der Waals surface area (Å²) < 4.78 is 3.66. The van der Waals surface area contributed by atoms with E-state index in [9.17, 15) is 4.79 Å². The maximum absolute atomic E-state index is 11.6. The van der Waals surface area contributed by atoms with E-state index in [2.05, 4.69) is 9.59 Å². The highest BCUT2D eigenvalue weighted by Crippen LogP contribution is 2.13. The average molecular weight is 183 g/mol. The molecular weight excluding hydrogens is 174 g/mol. The van der Waals surface area contributed by atoms with Gasteiger partial charge in [-0.1, -0.05) is 4.49 Å². The van der Waals surface area contributed by atoms with Gasteiger partial charge in [0.25, 0.3) is 5.91 Å². The summed E-state index contributed by atoms with van der Waals surface area (Å²) in [5.41, 5.74) is 0. The molecule has 0 N–H and O–H groups in total. The van der Waals surface area contributed by atoms with Gasteiger partial charge in [-0.25, -0.2) is 0 Å². The molecule has 2 heterocycles. The molecule has 0 radical (unpaired) electrons. The second-order valence-corrected chi connectivity index (χ2v) is 3.57. The number of carbonyl (C=O) groups is 1. The molecule has 1 aromatic rings. The molecule has 1 fully saturated rings. The molecule has 0 saturated carbocycles. The second-order valence-electron chi connectivity index (χ2n) is 2.78. The number of rotatable bonds is 1. The first-order chi connectivity index (χ1) is 5.88. The van der Waals surface area contributed by atoms with Gasteiger partial charge in [-0.3, -0.25) is 4.79 Å². The van der Waals surface area contributed by atoms with E-state index in [4.69, 9.17) is 0 Å². The van der Waals surface area contributed by atoms with E-state index in [-0.39, 0.29) is 5.91 Å². The van der Waals surface area contributed by atoms with Gasteiger partial charge >= 0.3 is 0 Å². The Balaban J connectivity index is 2.09. The van der Waals surface area contributed by atoms with Crippen LogP contribution in [0.4, 0.5) is 0 Å². The van der Waals surface area contributed by atoms with Gasteiger partial charge in [0.1, 0.15) is 4.88 Å². The van der Waals surface area contributed by atoms with Crippen molar-refractivity contribution < 1.29 is 4.79 Å². The Kier molecular flexibility index (Phi) is 2.03. The zero-order valence-corrected chi connectivity index (χ0v) is 7.38. The molecule has 64 valence electrons. The predicted octanol–water partition coefficient (Wildman–Crippen LogP) is 0.774. The molecule has 2 rings (SSSR count). The fraction of sp³-hybridized carbons (Fsp3) is 0.571.